The van der Waals surface area contributed by atoms with Crippen LogP contribution >= 0.6 is 0 Å². The molecule has 0 unspecified atom stereocenters. The van der Waals surface area contributed by atoms with E-state index in [2.05, 4.69) is 22.2 Å². The first-order valence-corrected chi connectivity index (χ1v) is 11.8. The van der Waals surface area contributed by atoms with Crippen LogP contribution in [0.4, 0.5) is 0 Å². The number of esters is 3. The van der Waals surface area contributed by atoms with Gasteiger partial charge in [0.25, 0.3) is 0 Å². The molecule has 206 valence electrons. The Bertz CT molecular complexity index is 936. The smallest absolute Gasteiger partial charge is 0.303 e. The van der Waals surface area contributed by atoms with E-state index in [9.17, 15) is 24.3 Å². The molecular formula is C23H34N4O10. The zero-order chi connectivity index (χ0) is 27.4. The van der Waals surface area contributed by atoms with Gasteiger partial charge in [0.05, 0.1) is 12.7 Å². The predicted molar refractivity (Wildman–Crippen MR) is 124 cm³/mol. The predicted octanol–water partition coefficient (Wildman–Crippen LogP) is -0.220. The molecule has 1 aliphatic rings. The summed E-state index contributed by atoms with van der Waals surface area (Å²) in [4.78, 5) is 46.8. The molecule has 2 N–H and O–H groups in total. The minimum atomic E-state index is -1.62. The van der Waals surface area contributed by atoms with Gasteiger partial charge in [-0.25, -0.2) is 0 Å². The molecule has 1 aromatic heterocycles. The van der Waals surface area contributed by atoms with Crippen molar-refractivity contribution in [2.75, 3.05) is 13.2 Å². The van der Waals surface area contributed by atoms with Crippen molar-refractivity contribution in [3.05, 3.63) is 24.5 Å². The Balaban J connectivity index is 1.95. The van der Waals surface area contributed by atoms with Gasteiger partial charge in [0.15, 0.2) is 18.5 Å². The summed E-state index contributed by atoms with van der Waals surface area (Å²) in [6.45, 7) is 6.97. The fraction of sp³-hybridized carbons (Fsp3) is 0.652. The number of nitrogens with zero attached hydrogens (tertiary/aromatic N) is 3. The third kappa shape index (κ3) is 10.3. The van der Waals surface area contributed by atoms with Crippen LogP contribution < -0.4 is 5.32 Å². The monoisotopic (exact) mass is 526 g/mol. The number of ether oxygens (including phenoxy) is 5. The first-order chi connectivity index (χ1) is 17.6. The molecule has 1 saturated heterocycles. The number of carbonyl (C=O) groups excluding carboxylic acids is 4. The Kier molecular flexibility index (Phi) is 12.1. The second-order valence-electron chi connectivity index (χ2n) is 8.33. The molecule has 5 atom stereocenters. The average molecular weight is 527 g/mol. The maximum absolute atomic E-state index is 12.3. The molecule has 0 saturated carbocycles. The summed E-state index contributed by atoms with van der Waals surface area (Å²) in [5, 5.41) is 21.3. The Morgan fingerprint density at radius 2 is 1.84 bits per heavy atom. The van der Waals surface area contributed by atoms with Gasteiger partial charge in [-0.2, -0.15) is 0 Å². The third-order valence-electron chi connectivity index (χ3n) is 5.15. The van der Waals surface area contributed by atoms with Gasteiger partial charge in [0.1, 0.15) is 31.1 Å². The number of hydrogen-bond donors (Lipinski definition) is 2. The van der Waals surface area contributed by atoms with Crippen molar-refractivity contribution in [2.45, 2.75) is 83.8 Å². The number of carbonyl (C=O) groups is 4. The number of aliphatic hydroxyl groups excluding tert-OH is 1. The van der Waals surface area contributed by atoms with Crippen LogP contribution in [0.25, 0.3) is 0 Å². The summed E-state index contributed by atoms with van der Waals surface area (Å²) in [7, 11) is 0. The minimum Gasteiger partial charge on any atom is -0.463 e. The first-order valence-electron chi connectivity index (χ1n) is 11.8. The zero-order valence-corrected chi connectivity index (χ0v) is 21.2. The van der Waals surface area contributed by atoms with Gasteiger partial charge >= 0.3 is 17.9 Å². The van der Waals surface area contributed by atoms with Crippen molar-refractivity contribution >= 4 is 23.8 Å². The van der Waals surface area contributed by atoms with E-state index in [-0.39, 0.29) is 13.2 Å². The molecule has 2 rings (SSSR count). The fourth-order valence-electron chi connectivity index (χ4n) is 3.51. The van der Waals surface area contributed by atoms with E-state index in [1.54, 1.807) is 10.9 Å². The van der Waals surface area contributed by atoms with Gasteiger partial charge in [-0.1, -0.05) is 11.3 Å². The van der Waals surface area contributed by atoms with Crippen molar-refractivity contribution in [2.24, 2.45) is 0 Å². The average Bonchev–Trinajstić information content (AvgIpc) is 3.28. The van der Waals surface area contributed by atoms with Crippen LogP contribution in [-0.2, 0) is 56.0 Å². The summed E-state index contributed by atoms with van der Waals surface area (Å²) in [6.07, 6.45) is -0.488. The maximum Gasteiger partial charge on any atom is 0.303 e. The number of aryl methyl sites for hydroxylation is 1. The highest BCUT2D eigenvalue weighted by atomic mass is 16.7. The van der Waals surface area contributed by atoms with Crippen LogP contribution in [-0.4, -0.2) is 87.8 Å². The van der Waals surface area contributed by atoms with Crippen LogP contribution in [0.2, 0.25) is 0 Å². The van der Waals surface area contributed by atoms with Crippen LogP contribution in [0.1, 0.15) is 45.7 Å². The van der Waals surface area contributed by atoms with Crippen LogP contribution in [0.15, 0.2) is 18.9 Å². The molecule has 0 aromatic carbocycles. The SMILES string of the molecule is C=CCCCCn1cc(CNC(=O)CO[C@H]2O[C@H](COC(C)=O)[C@H](OC(C)=O)[C@H](OC(C)=O)[C@H]2O)nn1. The zero-order valence-electron chi connectivity index (χ0n) is 21.2. The molecule has 37 heavy (non-hydrogen) atoms. The molecule has 0 aliphatic carbocycles. The van der Waals surface area contributed by atoms with Gasteiger partial charge in [-0.3, -0.25) is 23.9 Å². The number of rotatable bonds is 14. The van der Waals surface area contributed by atoms with Crippen molar-refractivity contribution in [1.29, 1.82) is 0 Å². The molecule has 1 amide bonds. The van der Waals surface area contributed by atoms with Crippen molar-refractivity contribution in [1.82, 2.24) is 20.3 Å². The van der Waals surface area contributed by atoms with Crippen LogP contribution in [0.5, 0.6) is 0 Å². The highest BCUT2D eigenvalue weighted by Gasteiger charge is 2.50. The molecule has 14 nitrogen and oxygen atoms in total. The number of aromatic nitrogens is 3. The fourth-order valence-corrected chi connectivity index (χ4v) is 3.51. The topological polar surface area (TPSA) is 177 Å². The molecule has 1 aliphatic heterocycles. The molecule has 0 bridgehead atoms. The Morgan fingerprint density at radius 1 is 1.14 bits per heavy atom. The molecule has 1 fully saturated rings. The minimum absolute atomic E-state index is 0.0998. The van der Waals surface area contributed by atoms with Gasteiger partial charge in [-0.15, -0.1) is 11.7 Å². The molecule has 0 spiro atoms. The van der Waals surface area contributed by atoms with Crippen molar-refractivity contribution in [3.63, 3.8) is 0 Å². The number of nitrogens with one attached hydrogen (secondary N) is 1. The maximum atomic E-state index is 12.3. The summed E-state index contributed by atoms with van der Waals surface area (Å²) in [6, 6.07) is 0. The number of hydrogen-bond acceptors (Lipinski definition) is 12. The third-order valence-corrected chi connectivity index (χ3v) is 5.15. The van der Waals surface area contributed by atoms with Gasteiger partial charge < -0.3 is 34.1 Å². The standard InChI is InChI=1S/C23H34N4O10/c1-5-6-7-8-9-27-11-17(25-26-27)10-24-19(31)13-34-23-20(32)22(36-16(4)30)21(35-15(3)29)18(37-23)12-33-14(2)28/h5,11,18,20-23,32H,1,6-10,12-13H2,2-4H3,(H,24,31)/t18-,20-,21+,22-,23+/m1/s1. The lowest BCUT2D eigenvalue weighted by atomic mass is 9.98. The summed E-state index contributed by atoms with van der Waals surface area (Å²) in [5.41, 5.74) is 0.548. The second-order valence-corrected chi connectivity index (χ2v) is 8.33. The number of unbranched alkanes of at least 4 members (excludes halogenated alkanes) is 2. The number of aliphatic hydroxyl groups is 1. The van der Waals surface area contributed by atoms with Crippen molar-refractivity contribution in [3.8, 4) is 0 Å². The summed E-state index contributed by atoms with van der Waals surface area (Å²) < 4.78 is 28.0. The Labute approximate surface area is 214 Å². The quantitative estimate of drug-likeness (QED) is 0.141. The molecule has 1 aromatic rings. The summed E-state index contributed by atoms with van der Waals surface area (Å²) >= 11 is 0. The lowest BCUT2D eigenvalue weighted by Gasteiger charge is -2.42. The molecule has 14 heteroatoms. The van der Waals surface area contributed by atoms with E-state index < -0.39 is 61.1 Å². The highest BCUT2D eigenvalue weighted by Crippen LogP contribution is 2.27. The number of allylic oxidation sites excluding steroid dienone is 1. The van der Waals surface area contributed by atoms with E-state index >= 15 is 0 Å². The molecule has 2 heterocycles. The first kappa shape index (κ1) is 29.9. The normalized spacial score (nSPS) is 23.1. The largest absolute Gasteiger partial charge is 0.463 e. The molecular weight excluding hydrogens is 492 g/mol. The number of amides is 1. The Hall–Kier alpha value is -3.36. The van der Waals surface area contributed by atoms with E-state index in [1.807, 2.05) is 6.08 Å². The van der Waals surface area contributed by atoms with E-state index in [0.29, 0.717) is 12.2 Å². The summed E-state index contributed by atoms with van der Waals surface area (Å²) in [5.74, 6) is -2.68. The van der Waals surface area contributed by atoms with Gasteiger partial charge in [0.2, 0.25) is 5.91 Å². The lowest BCUT2D eigenvalue weighted by Crippen LogP contribution is -2.62. The second kappa shape index (κ2) is 15.0. The van der Waals surface area contributed by atoms with Gasteiger partial charge in [0, 0.05) is 27.3 Å². The lowest BCUT2D eigenvalue weighted by molar-refractivity contribution is -0.304. The van der Waals surface area contributed by atoms with Crippen LogP contribution in [0.3, 0.4) is 0 Å². The highest BCUT2D eigenvalue weighted by molar-refractivity contribution is 5.77. The Morgan fingerprint density at radius 3 is 2.49 bits per heavy atom. The van der Waals surface area contributed by atoms with E-state index in [0.717, 1.165) is 33.1 Å². The van der Waals surface area contributed by atoms with E-state index in [4.69, 9.17) is 23.7 Å². The van der Waals surface area contributed by atoms with Gasteiger partial charge in [-0.05, 0) is 19.3 Å². The molecule has 0 radical (unpaired) electrons. The van der Waals surface area contributed by atoms with Crippen molar-refractivity contribution < 1.29 is 48.0 Å². The van der Waals surface area contributed by atoms with Crippen LogP contribution in [0, 0.1) is 0 Å². The van der Waals surface area contributed by atoms with E-state index in [1.165, 1.54) is 6.92 Å².